The van der Waals surface area contributed by atoms with Crippen molar-refractivity contribution in [3.8, 4) is 0 Å². The molecule has 0 aromatic heterocycles. The third kappa shape index (κ3) is 3.23. The third-order valence-corrected chi connectivity index (χ3v) is 4.21. The van der Waals surface area contributed by atoms with Crippen LogP contribution in [0.3, 0.4) is 0 Å². The zero-order valence-corrected chi connectivity index (χ0v) is 11.9. The first-order valence-electron chi connectivity index (χ1n) is 7.16. The molecule has 2 aliphatic rings. The van der Waals surface area contributed by atoms with Gasteiger partial charge in [-0.15, -0.1) is 0 Å². The maximum Gasteiger partial charge on any atom is 0.246 e. The Bertz CT molecular complexity index is 294. The summed E-state index contributed by atoms with van der Waals surface area (Å²) in [6.45, 7) is 8.72. The number of likely N-dealkylation sites (tertiary alicyclic amines) is 1. The number of carbonyl (C=O) groups is 1. The van der Waals surface area contributed by atoms with Crippen molar-refractivity contribution < 1.29 is 9.53 Å². The minimum atomic E-state index is -0.191. The molecular weight excluding hydrogens is 228 g/mol. The van der Waals surface area contributed by atoms with Crippen LogP contribution in [0.25, 0.3) is 0 Å². The molecule has 0 spiro atoms. The lowest BCUT2D eigenvalue weighted by Gasteiger charge is -2.44. The Balaban J connectivity index is 1.96. The average molecular weight is 254 g/mol. The second-order valence-electron chi connectivity index (χ2n) is 6.20. The molecule has 2 heterocycles. The Morgan fingerprint density at radius 2 is 2.28 bits per heavy atom. The molecule has 4 heteroatoms. The molecular formula is C14H26N2O2. The fourth-order valence-corrected chi connectivity index (χ4v) is 3.18. The number of nitrogens with zero attached hydrogens (tertiary/aromatic N) is 1. The summed E-state index contributed by atoms with van der Waals surface area (Å²) in [4.78, 5) is 13.8. The van der Waals surface area contributed by atoms with E-state index in [4.69, 9.17) is 4.74 Å². The van der Waals surface area contributed by atoms with E-state index in [1.165, 1.54) is 25.8 Å². The monoisotopic (exact) mass is 254 g/mol. The van der Waals surface area contributed by atoms with Crippen LogP contribution >= 0.6 is 0 Å². The zero-order valence-electron chi connectivity index (χ0n) is 11.9. The average Bonchev–Trinajstić information content (AvgIpc) is 2.34. The highest BCUT2D eigenvalue weighted by Gasteiger charge is 2.36. The SMILES string of the molecule is CC(C)N1CCCCC1CC1(C)CNC(=O)CO1. The molecule has 2 aliphatic heterocycles. The van der Waals surface area contributed by atoms with Crippen LogP contribution in [-0.2, 0) is 9.53 Å². The van der Waals surface area contributed by atoms with Gasteiger partial charge in [-0.1, -0.05) is 6.42 Å². The third-order valence-electron chi connectivity index (χ3n) is 4.21. The molecule has 104 valence electrons. The first-order valence-corrected chi connectivity index (χ1v) is 7.16. The van der Waals surface area contributed by atoms with Gasteiger partial charge in [-0.2, -0.15) is 0 Å². The van der Waals surface area contributed by atoms with E-state index >= 15 is 0 Å². The van der Waals surface area contributed by atoms with Gasteiger partial charge in [0.25, 0.3) is 0 Å². The number of hydrogen-bond donors (Lipinski definition) is 1. The van der Waals surface area contributed by atoms with Gasteiger partial charge in [0.05, 0.1) is 5.60 Å². The van der Waals surface area contributed by atoms with Crippen LogP contribution in [-0.4, -0.2) is 48.2 Å². The summed E-state index contributed by atoms with van der Waals surface area (Å²) in [7, 11) is 0. The molecule has 0 radical (unpaired) electrons. The molecule has 4 nitrogen and oxygen atoms in total. The lowest BCUT2D eigenvalue weighted by atomic mass is 9.88. The molecule has 0 aliphatic carbocycles. The Labute approximate surface area is 110 Å². The largest absolute Gasteiger partial charge is 0.364 e. The van der Waals surface area contributed by atoms with Crippen molar-refractivity contribution in [2.75, 3.05) is 19.7 Å². The van der Waals surface area contributed by atoms with E-state index in [0.717, 1.165) is 6.42 Å². The van der Waals surface area contributed by atoms with Gasteiger partial charge in [0.15, 0.2) is 0 Å². The molecule has 0 bridgehead atoms. The van der Waals surface area contributed by atoms with Gasteiger partial charge < -0.3 is 10.1 Å². The molecule has 18 heavy (non-hydrogen) atoms. The predicted molar refractivity (Wildman–Crippen MR) is 71.5 cm³/mol. The number of nitrogens with one attached hydrogen (secondary N) is 1. The zero-order chi connectivity index (χ0) is 13.2. The van der Waals surface area contributed by atoms with Gasteiger partial charge in [0.1, 0.15) is 6.61 Å². The van der Waals surface area contributed by atoms with E-state index in [-0.39, 0.29) is 18.1 Å². The Morgan fingerprint density at radius 3 is 2.89 bits per heavy atom. The van der Waals surface area contributed by atoms with Crippen LogP contribution in [0.1, 0.15) is 46.5 Å². The van der Waals surface area contributed by atoms with Crippen molar-refractivity contribution in [1.82, 2.24) is 10.2 Å². The van der Waals surface area contributed by atoms with Crippen molar-refractivity contribution in [3.05, 3.63) is 0 Å². The summed E-state index contributed by atoms with van der Waals surface area (Å²) in [6.07, 6.45) is 4.90. The Hall–Kier alpha value is -0.610. The van der Waals surface area contributed by atoms with Crippen molar-refractivity contribution >= 4 is 5.91 Å². The molecule has 2 fully saturated rings. The lowest BCUT2D eigenvalue weighted by molar-refractivity contribution is -0.144. The number of ether oxygens (including phenoxy) is 1. The van der Waals surface area contributed by atoms with Crippen molar-refractivity contribution in [2.45, 2.75) is 64.1 Å². The van der Waals surface area contributed by atoms with E-state index < -0.39 is 0 Å². The molecule has 2 atom stereocenters. The molecule has 0 aromatic rings. The maximum absolute atomic E-state index is 11.2. The van der Waals surface area contributed by atoms with E-state index in [2.05, 4.69) is 31.0 Å². The van der Waals surface area contributed by atoms with E-state index in [0.29, 0.717) is 18.6 Å². The van der Waals surface area contributed by atoms with Gasteiger partial charge in [-0.25, -0.2) is 0 Å². The molecule has 1 amide bonds. The van der Waals surface area contributed by atoms with Crippen molar-refractivity contribution in [1.29, 1.82) is 0 Å². The summed E-state index contributed by atoms with van der Waals surface area (Å²) in [5.41, 5.74) is -0.191. The first-order chi connectivity index (χ1) is 8.50. The minimum Gasteiger partial charge on any atom is -0.364 e. The van der Waals surface area contributed by atoms with Crippen molar-refractivity contribution in [3.63, 3.8) is 0 Å². The standard InChI is InChI=1S/C14H26N2O2/c1-11(2)16-7-5-4-6-12(16)8-14(3)10-15-13(17)9-18-14/h11-12H,4-10H2,1-3H3,(H,15,17). The van der Waals surface area contributed by atoms with Gasteiger partial charge in [-0.3, -0.25) is 9.69 Å². The first kappa shape index (κ1) is 13.8. The summed E-state index contributed by atoms with van der Waals surface area (Å²) in [5, 5.41) is 2.92. The van der Waals surface area contributed by atoms with Crippen LogP contribution in [0.5, 0.6) is 0 Å². The normalized spacial score (nSPS) is 34.7. The number of morpholine rings is 1. The quantitative estimate of drug-likeness (QED) is 0.831. The number of carbonyl (C=O) groups excluding carboxylic acids is 1. The molecule has 2 unspecified atom stereocenters. The summed E-state index contributed by atoms with van der Waals surface area (Å²) < 4.78 is 5.77. The smallest absolute Gasteiger partial charge is 0.246 e. The highest BCUT2D eigenvalue weighted by molar-refractivity contribution is 5.77. The second kappa shape index (κ2) is 5.57. The van der Waals surface area contributed by atoms with Gasteiger partial charge in [0.2, 0.25) is 5.91 Å². The van der Waals surface area contributed by atoms with Crippen LogP contribution < -0.4 is 5.32 Å². The van der Waals surface area contributed by atoms with E-state index in [9.17, 15) is 4.79 Å². The van der Waals surface area contributed by atoms with E-state index in [1.807, 2.05) is 0 Å². The van der Waals surface area contributed by atoms with Gasteiger partial charge in [0, 0.05) is 18.6 Å². The number of hydrogen-bond acceptors (Lipinski definition) is 3. The molecule has 1 N–H and O–H groups in total. The maximum atomic E-state index is 11.2. The molecule has 2 rings (SSSR count). The summed E-state index contributed by atoms with van der Waals surface area (Å²) in [5.74, 6) is 0.0110. The predicted octanol–water partition coefficient (Wildman–Crippen LogP) is 1.54. The number of piperidine rings is 1. The highest BCUT2D eigenvalue weighted by atomic mass is 16.5. The number of amides is 1. The Kier molecular flexibility index (Phi) is 4.28. The van der Waals surface area contributed by atoms with Crippen LogP contribution in [0, 0.1) is 0 Å². The summed E-state index contributed by atoms with van der Waals surface area (Å²) >= 11 is 0. The molecule has 0 aromatic carbocycles. The van der Waals surface area contributed by atoms with Gasteiger partial charge in [-0.05, 0) is 46.6 Å². The topological polar surface area (TPSA) is 41.6 Å². The second-order valence-corrected chi connectivity index (χ2v) is 6.20. The highest BCUT2D eigenvalue weighted by Crippen LogP contribution is 2.29. The van der Waals surface area contributed by atoms with Gasteiger partial charge >= 0.3 is 0 Å². The fourth-order valence-electron chi connectivity index (χ4n) is 3.18. The summed E-state index contributed by atoms with van der Waals surface area (Å²) in [6, 6.07) is 1.19. The minimum absolute atomic E-state index is 0.0110. The number of rotatable bonds is 3. The molecule has 0 saturated carbocycles. The fraction of sp³-hybridized carbons (Fsp3) is 0.929. The van der Waals surface area contributed by atoms with Crippen LogP contribution in [0.15, 0.2) is 0 Å². The van der Waals surface area contributed by atoms with Crippen LogP contribution in [0.4, 0.5) is 0 Å². The molecule has 2 saturated heterocycles. The van der Waals surface area contributed by atoms with E-state index in [1.54, 1.807) is 0 Å². The van der Waals surface area contributed by atoms with Crippen LogP contribution in [0.2, 0.25) is 0 Å². The Morgan fingerprint density at radius 1 is 1.50 bits per heavy atom. The lowest BCUT2D eigenvalue weighted by Crippen LogP contribution is -2.55. The van der Waals surface area contributed by atoms with Crippen molar-refractivity contribution in [2.24, 2.45) is 0 Å².